The summed E-state index contributed by atoms with van der Waals surface area (Å²) in [6.07, 6.45) is 6.79. The van der Waals surface area contributed by atoms with Crippen LogP contribution in [0.5, 0.6) is 5.75 Å². The van der Waals surface area contributed by atoms with Crippen LogP contribution >= 0.6 is 24.0 Å². The molecule has 0 bridgehead atoms. The maximum Gasteiger partial charge on any atom is 0.225 e. The van der Waals surface area contributed by atoms with Gasteiger partial charge in [-0.05, 0) is 37.8 Å². The molecule has 1 atom stereocenters. The predicted octanol–water partition coefficient (Wildman–Crippen LogP) is 3.34. The minimum absolute atomic E-state index is 0. The Kier molecular flexibility index (Phi) is 10.0. The van der Waals surface area contributed by atoms with Crippen molar-refractivity contribution in [2.75, 3.05) is 33.3 Å². The molecule has 3 rings (SSSR count). The molecule has 1 saturated heterocycles. The number of likely N-dealkylation sites (tertiary alicyclic amines) is 1. The van der Waals surface area contributed by atoms with Crippen LogP contribution in [0, 0.1) is 12.8 Å². The van der Waals surface area contributed by atoms with Gasteiger partial charge in [0.05, 0.1) is 6.54 Å². The number of nitrogens with zero attached hydrogens (tertiary/aromatic N) is 2. The van der Waals surface area contributed by atoms with Crippen molar-refractivity contribution in [3.05, 3.63) is 29.8 Å². The van der Waals surface area contributed by atoms with E-state index in [1.54, 1.807) is 7.05 Å². The van der Waals surface area contributed by atoms with Crippen molar-refractivity contribution in [3.63, 3.8) is 0 Å². The maximum atomic E-state index is 12.7. The smallest absolute Gasteiger partial charge is 0.225 e. The first-order valence-electron chi connectivity index (χ1n) is 10.6. The Bertz CT molecular complexity index is 677. The number of para-hydroxylation sites is 1. The molecule has 29 heavy (non-hydrogen) atoms. The Morgan fingerprint density at radius 2 is 1.97 bits per heavy atom. The van der Waals surface area contributed by atoms with Crippen molar-refractivity contribution in [1.82, 2.24) is 15.5 Å². The molecule has 2 aliphatic rings. The lowest BCUT2D eigenvalue weighted by atomic mass is 9.88. The van der Waals surface area contributed by atoms with Crippen LogP contribution in [0.25, 0.3) is 0 Å². The molecule has 0 spiro atoms. The van der Waals surface area contributed by atoms with Crippen LogP contribution in [0.15, 0.2) is 29.3 Å². The molecule has 2 N–H and O–H groups in total. The largest absolute Gasteiger partial charge is 0.491 e. The van der Waals surface area contributed by atoms with E-state index >= 15 is 0 Å². The zero-order chi connectivity index (χ0) is 19.8. The summed E-state index contributed by atoms with van der Waals surface area (Å²) in [5.74, 6) is 2.30. The van der Waals surface area contributed by atoms with Gasteiger partial charge in [-0.25, -0.2) is 0 Å². The van der Waals surface area contributed by atoms with Crippen LogP contribution in [0.3, 0.4) is 0 Å². The minimum atomic E-state index is 0. The highest BCUT2D eigenvalue weighted by Crippen LogP contribution is 2.26. The first-order chi connectivity index (χ1) is 13.7. The van der Waals surface area contributed by atoms with Gasteiger partial charge >= 0.3 is 0 Å². The number of ether oxygens (including phenoxy) is 1. The van der Waals surface area contributed by atoms with E-state index in [2.05, 4.69) is 15.6 Å². The standard InChI is InChI=1S/C22H34N4O2.HI/c1-17-8-6-7-11-20(17)28-15-13-24-22(23-2)25-19-12-14-26(16-19)21(27)18-9-4-3-5-10-18;/h6-8,11,18-19H,3-5,9-10,12-16H2,1-2H3,(H2,23,24,25);1H. The van der Waals surface area contributed by atoms with Crippen molar-refractivity contribution < 1.29 is 9.53 Å². The average Bonchev–Trinajstić information content (AvgIpc) is 3.20. The third-order valence-electron chi connectivity index (χ3n) is 5.76. The fourth-order valence-electron chi connectivity index (χ4n) is 4.12. The Hall–Kier alpha value is -1.51. The summed E-state index contributed by atoms with van der Waals surface area (Å²) in [5, 5.41) is 6.76. The van der Waals surface area contributed by atoms with E-state index in [0.29, 0.717) is 19.1 Å². The van der Waals surface area contributed by atoms with Crippen LogP contribution < -0.4 is 15.4 Å². The molecular formula is C22H35IN4O2. The van der Waals surface area contributed by atoms with Crippen molar-refractivity contribution in [2.24, 2.45) is 10.9 Å². The van der Waals surface area contributed by atoms with E-state index < -0.39 is 0 Å². The fraction of sp³-hybridized carbons (Fsp3) is 0.636. The van der Waals surface area contributed by atoms with Gasteiger partial charge in [0.2, 0.25) is 5.91 Å². The van der Waals surface area contributed by atoms with Crippen LogP contribution in [0.1, 0.15) is 44.1 Å². The van der Waals surface area contributed by atoms with Crippen LogP contribution in [-0.4, -0.2) is 56.1 Å². The van der Waals surface area contributed by atoms with E-state index in [-0.39, 0.29) is 35.9 Å². The molecule has 1 heterocycles. The summed E-state index contributed by atoms with van der Waals surface area (Å²) in [4.78, 5) is 19.1. The number of hydrogen-bond donors (Lipinski definition) is 2. The van der Waals surface area contributed by atoms with Gasteiger partial charge in [-0.15, -0.1) is 24.0 Å². The minimum Gasteiger partial charge on any atom is -0.491 e. The normalized spacial score (nSPS) is 20.1. The zero-order valence-electron chi connectivity index (χ0n) is 17.7. The van der Waals surface area contributed by atoms with Gasteiger partial charge in [-0.3, -0.25) is 9.79 Å². The highest BCUT2D eigenvalue weighted by Gasteiger charge is 2.31. The van der Waals surface area contributed by atoms with E-state index in [9.17, 15) is 4.79 Å². The zero-order valence-corrected chi connectivity index (χ0v) is 20.0. The third kappa shape index (κ3) is 7.04. The maximum absolute atomic E-state index is 12.7. The summed E-state index contributed by atoms with van der Waals surface area (Å²) >= 11 is 0. The van der Waals surface area contributed by atoms with Crippen molar-refractivity contribution in [1.29, 1.82) is 0 Å². The third-order valence-corrected chi connectivity index (χ3v) is 5.76. The van der Waals surface area contributed by atoms with Crippen molar-refractivity contribution >= 4 is 35.8 Å². The second-order valence-electron chi connectivity index (χ2n) is 7.86. The SMILES string of the molecule is CN=C(NCCOc1ccccc1C)NC1CCN(C(=O)C2CCCCC2)C1.I. The van der Waals surface area contributed by atoms with E-state index in [0.717, 1.165) is 49.6 Å². The second kappa shape index (κ2) is 12.2. The Morgan fingerprint density at radius 1 is 1.21 bits per heavy atom. The molecule has 0 radical (unpaired) electrons. The number of aliphatic imine (C=N–C) groups is 1. The van der Waals surface area contributed by atoms with Crippen LogP contribution in [0.4, 0.5) is 0 Å². The molecule has 7 heteroatoms. The van der Waals surface area contributed by atoms with E-state index in [4.69, 9.17) is 4.74 Å². The molecule has 0 aromatic heterocycles. The molecule has 162 valence electrons. The average molecular weight is 514 g/mol. The number of nitrogens with one attached hydrogen (secondary N) is 2. The number of halogens is 1. The molecule has 1 aliphatic carbocycles. The number of rotatable bonds is 6. The Balaban J connectivity index is 0.00000300. The van der Waals surface area contributed by atoms with E-state index in [1.165, 1.54) is 19.3 Å². The van der Waals surface area contributed by atoms with Gasteiger partial charge in [0.25, 0.3) is 0 Å². The number of amides is 1. The first-order valence-corrected chi connectivity index (χ1v) is 10.6. The lowest BCUT2D eigenvalue weighted by Crippen LogP contribution is -2.46. The van der Waals surface area contributed by atoms with Crippen molar-refractivity contribution in [3.8, 4) is 5.75 Å². The van der Waals surface area contributed by atoms with Gasteiger partial charge in [-0.1, -0.05) is 37.5 Å². The molecule has 1 aromatic rings. The topological polar surface area (TPSA) is 66.0 Å². The molecule has 1 amide bonds. The molecule has 1 saturated carbocycles. The number of hydrogen-bond acceptors (Lipinski definition) is 3. The molecule has 2 fully saturated rings. The van der Waals surface area contributed by atoms with Gasteiger partial charge in [-0.2, -0.15) is 0 Å². The lowest BCUT2D eigenvalue weighted by Gasteiger charge is -2.26. The fourth-order valence-corrected chi connectivity index (χ4v) is 4.12. The lowest BCUT2D eigenvalue weighted by molar-refractivity contribution is -0.135. The summed E-state index contributed by atoms with van der Waals surface area (Å²) in [6, 6.07) is 8.28. The number of carbonyl (C=O) groups excluding carboxylic acids is 1. The Morgan fingerprint density at radius 3 is 2.69 bits per heavy atom. The number of guanidine groups is 1. The molecule has 1 unspecified atom stereocenters. The quantitative estimate of drug-likeness (QED) is 0.265. The van der Waals surface area contributed by atoms with E-state index in [1.807, 2.05) is 36.1 Å². The second-order valence-corrected chi connectivity index (χ2v) is 7.86. The van der Waals surface area contributed by atoms with Gasteiger partial charge < -0.3 is 20.3 Å². The summed E-state index contributed by atoms with van der Waals surface area (Å²) < 4.78 is 5.82. The van der Waals surface area contributed by atoms with Gasteiger partial charge in [0.1, 0.15) is 12.4 Å². The van der Waals surface area contributed by atoms with Crippen LogP contribution in [-0.2, 0) is 4.79 Å². The summed E-state index contributed by atoms with van der Waals surface area (Å²) in [5.41, 5.74) is 1.14. The van der Waals surface area contributed by atoms with Gasteiger partial charge in [0.15, 0.2) is 5.96 Å². The summed E-state index contributed by atoms with van der Waals surface area (Å²) in [7, 11) is 1.78. The highest BCUT2D eigenvalue weighted by molar-refractivity contribution is 14.0. The van der Waals surface area contributed by atoms with Crippen molar-refractivity contribution in [2.45, 2.75) is 51.5 Å². The first kappa shape index (κ1) is 23.8. The predicted molar refractivity (Wildman–Crippen MR) is 128 cm³/mol. The number of benzene rings is 1. The Labute approximate surface area is 191 Å². The molecule has 1 aliphatic heterocycles. The summed E-state index contributed by atoms with van der Waals surface area (Å²) in [6.45, 7) is 4.91. The van der Waals surface area contributed by atoms with Crippen LogP contribution in [0.2, 0.25) is 0 Å². The number of aryl methyl sites for hydroxylation is 1. The molecule has 1 aromatic carbocycles. The monoisotopic (exact) mass is 514 g/mol. The number of carbonyl (C=O) groups is 1. The highest BCUT2D eigenvalue weighted by atomic mass is 127. The molecular weight excluding hydrogens is 479 g/mol. The molecule has 6 nitrogen and oxygen atoms in total. The van der Waals surface area contributed by atoms with Gasteiger partial charge in [0, 0.05) is 32.1 Å².